The molecule has 0 aromatic carbocycles. The zero-order valence-corrected chi connectivity index (χ0v) is 12.0. The van der Waals surface area contributed by atoms with Crippen molar-refractivity contribution in [3.05, 3.63) is 23.9 Å². The smallest absolute Gasteiger partial charge is 0.128 e. The molecule has 1 aromatic heterocycles. The van der Waals surface area contributed by atoms with Gasteiger partial charge in [-0.2, -0.15) is 0 Å². The van der Waals surface area contributed by atoms with Gasteiger partial charge in [-0.05, 0) is 56.6 Å². The fourth-order valence-electron chi connectivity index (χ4n) is 2.48. The third kappa shape index (κ3) is 3.59. The fraction of sp³-hybridized carbons (Fsp3) is 0.643. The van der Waals surface area contributed by atoms with Crippen molar-refractivity contribution in [1.29, 1.82) is 0 Å². The number of pyridine rings is 1. The summed E-state index contributed by atoms with van der Waals surface area (Å²) in [4.78, 5) is 9.09. The standard InChI is InChI=1S/C14H22ClN3/c1-17-7-4-12(5-8-17)11-18(2)14-9-13(10-15)3-6-16-14/h3,6,9,12H,4-5,7-8,10-11H2,1-2H3. The maximum absolute atomic E-state index is 5.86. The Bertz CT molecular complexity index is 375. The first kappa shape index (κ1) is 13.6. The summed E-state index contributed by atoms with van der Waals surface area (Å²) in [6.45, 7) is 3.52. The van der Waals surface area contributed by atoms with Gasteiger partial charge in [0.2, 0.25) is 0 Å². The highest BCUT2D eigenvalue weighted by Crippen LogP contribution is 2.20. The molecule has 4 heteroatoms. The van der Waals surface area contributed by atoms with Crippen LogP contribution in [0.25, 0.3) is 0 Å². The van der Waals surface area contributed by atoms with Gasteiger partial charge < -0.3 is 9.80 Å². The van der Waals surface area contributed by atoms with Crippen LogP contribution in [-0.4, -0.2) is 43.6 Å². The van der Waals surface area contributed by atoms with E-state index in [0.29, 0.717) is 5.88 Å². The van der Waals surface area contributed by atoms with Gasteiger partial charge in [0, 0.05) is 25.7 Å². The minimum absolute atomic E-state index is 0.553. The molecule has 1 aliphatic heterocycles. The van der Waals surface area contributed by atoms with Crippen LogP contribution in [0.4, 0.5) is 5.82 Å². The zero-order valence-electron chi connectivity index (χ0n) is 11.3. The van der Waals surface area contributed by atoms with Crippen LogP contribution in [0.15, 0.2) is 18.3 Å². The van der Waals surface area contributed by atoms with Gasteiger partial charge in [-0.25, -0.2) is 4.98 Å². The molecule has 0 saturated carbocycles. The summed E-state index contributed by atoms with van der Waals surface area (Å²) in [5.41, 5.74) is 1.14. The molecule has 0 unspecified atom stereocenters. The van der Waals surface area contributed by atoms with Crippen molar-refractivity contribution in [3.63, 3.8) is 0 Å². The number of piperidine rings is 1. The Kier molecular flexibility index (Phi) is 4.84. The first-order valence-corrected chi connectivity index (χ1v) is 7.13. The molecule has 18 heavy (non-hydrogen) atoms. The van der Waals surface area contributed by atoms with Crippen molar-refractivity contribution in [2.45, 2.75) is 18.7 Å². The topological polar surface area (TPSA) is 19.4 Å². The van der Waals surface area contributed by atoms with Gasteiger partial charge >= 0.3 is 0 Å². The number of alkyl halides is 1. The predicted molar refractivity (Wildman–Crippen MR) is 77.3 cm³/mol. The Morgan fingerprint density at radius 2 is 2.17 bits per heavy atom. The lowest BCUT2D eigenvalue weighted by molar-refractivity contribution is 0.222. The molecule has 0 amide bonds. The Balaban J connectivity index is 1.92. The number of hydrogen-bond acceptors (Lipinski definition) is 3. The van der Waals surface area contributed by atoms with Crippen molar-refractivity contribution in [3.8, 4) is 0 Å². The summed E-state index contributed by atoms with van der Waals surface area (Å²) in [6.07, 6.45) is 4.42. The van der Waals surface area contributed by atoms with Crippen molar-refractivity contribution in [2.75, 3.05) is 38.6 Å². The molecular weight excluding hydrogens is 246 g/mol. The molecule has 1 aromatic rings. The van der Waals surface area contributed by atoms with Crippen molar-refractivity contribution in [1.82, 2.24) is 9.88 Å². The molecule has 1 fully saturated rings. The normalized spacial score (nSPS) is 17.9. The average molecular weight is 268 g/mol. The van der Waals surface area contributed by atoms with Crippen molar-refractivity contribution in [2.24, 2.45) is 5.92 Å². The maximum Gasteiger partial charge on any atom is 0.128 e. The van der Waals surface area contributed by atoms with Crippen LogP contribution in [0.5, 0.6) is 0 Å². The van der Waals surface area contributed by atoms with E-state index in [9.17, 15) is 0 Å². The first-order valence-electron chi connectivity index (χ1n) is 6.59. The lowest BCUT2D eigenvalue weighted by atomic mass is 9.97. The quantitative estimate of drug-likeness (QED) is 0.782. The van der Waals surface area contributed by atoms with Gasteiger partial charge in [-0.1, -0.05) is 0 Å². The highest BCUT2D eigenvalue weighted by molar-refractivity contribution is 6.17. The Morgan fingerprint density at radius 1 is 1.44 bits per heavy atom. The fourth-order valence-corrected chi connectivity index (χ4v) is 2.64. The van der Waals surface area contributed by atoms with Crippen molar-refractivity contribution >= 4 is 17.4 Å². The van der Waals surface area contributed by atoms with E-state index in [1.54, 1.807) is 0 Å². The number of rotatable bonds is 4. The van der Waals surface area contributed by atoms with E-state index < -0.39 is 0 Å². The highest BCUT2D eigenvalue weighted by Gasteiger charge is 2.18. The lowest BCUT2D eigenvalue weighted by Gasteiger charge is -2.32. The average Bonchev–Trinajstić information content (AvgIpc) is 2.41. The van der Waals surface area contributed by atoms with Crippen LogP contribution < -0.4 is 4.90 Å². The summed E-state index contributed by atoms with van der Waals surface area (Å²) in [5.74, 6) is 2.37. The zero-order chi connectivity index (χ0) is 13.0. The van der Waals surface area contributed by atoms with Gasteiger partial charge in [0.15, 0.2) is 0 Å². The van der Waals surface area contributed by atoms with Gasteiger partial charge in [0.05, 0.1) is 0 Å². The second-order valence-corrected chi connectivity index (χ2v) is 5.55. The van der Waals surface area contributed by atoms with E-state index in [1.807, 2.05) is 12.3 Å². The molecule has 0 aliphatic carbocycles. The van der Waals surface area contributed by atoms with Gasteiger partial charge in [-0.3, -0.25) is 0 Å². The number of aromatic nitrogens is 1. The Hall–Kier alpha value is -0.800. The van der Waals surface area contributed by atoms with E-state index in [-0.39, 0.29) is 0 Å². The van der Waals surface area contributed by atoms with Crippen LogP contribution in [0.2, 0.25) is 0 Å². The van der Waals surface area contributed by atoms with E-state index in [0.717, 1.165) is 23.8 Å². The second kappa shape index (κ2) is 6.39. The number of halogens is 1. The molecule has 0 N–H and O–H groups in total. The Labute approximate surface area is 115 Å². The van der Waals surface area contributed by atoms with Crippen LogP contribution in [0.1, 0.15) is 18.4 Å². The predicted octanol–water partition coefficient (Wildman–Crippen LogP) is 2.60. The molecular formula is C14H22ClN3. The molecule has 0 atom stereocenters. The molecule has 1 saturated heterocycles. The molecule has 2 rings (SSSR count). The lowest BCUT2D eigenvalue weighted by Crippen LogP contribution is -2.35. The molecule has 0 radical (unpaired) electrons. The third-order valence-electron chi connectivity index (χ3n) is 3.73. The highest BCUT2D eigenvalue weighted by atomic mass is 35.5. The summed E-state index contributed by atoms with van der Waals surface area (Å²) in [7, 11) is 4.32. The van der Waals surface area contributed by atoms with Gasteiger partial charge in [0.25, 0.3) is 0 Å². The molecule has 100 valence electrons. The monoisotopic (exact) mass is 267 g/mol. The van der Waals surface area contributed by atoms with Crippen LogP contribution >= 0.6 is 11.6 Å². The van der Waals surface area contributed by atoms with Crippen LogP contribution in [0, 0.1) is 5.92 Å². The SMILES string of the molecule is CN1CCC(CN(C)c2cc(CCl)ccn2)CC1. The number of likely N-dealkylation sites (tertiary alicyclic amines) is 1. The van der Waals surface area contributed by atoms with Gasteiger partial charge in [0.1, 0.15) is 5.82 Å². The molecule has 0 spiro atoms. The molecule has 3 nitrogen and oxygen atoms in total. The van der Waals surface area contributed by atoms with Crippen LogP contribution in [0.3, 0.4) is 0 Å². The van der Waals surface area contributed by atoms with E-state index in [2.05, 4.69) is 34.9 Å². The van der Waals surface area contributed by atoms with E-state index >= 15 is 0 Å². The van der Waals surface area contributed by atoms with Crippen LogP contribution in [-0.2, 0) is 5.88 Å². The summed E-state index contributed by atoms with van der Waals surface area (Å²) in [5, 5.41) is 0. The largest absolute Gasteiger partial charge is 0.359 e. The minimum atomic E-state index is 0.553. The van der Waals surface area contributed by atoms with Gasteiger partial charge in [-0.15, -0.1) is 11.6 Å². The third-order valence-corrected chi connectivity index (χ3v) is 4.03. The van der Waals surface area contributed by atoms with E-state index in [4.69, 9.17) is 11.6 Å². The number of anilines is 1. The minimum Gasteiger partial charge on any atom is -0.359 e. The summed E-state index contributed by atoms with van der Waals surface area (Å²) >= 11 is 5.86. The molecule has 0 bridgehead atoms. The summed E-state index contributed by atoms with van der Waals surface area (Å²) < 4.78 is 0. The molecule has 1 aliphatic rings. The number of nitrogens with zero attached hydrogens (tertiary/aromatic N) is 3. The summed E-state index contributed by atoms with van der Waals surface area (Å²) in [6, 6.07) is 4.06. The Morgan fingerprint density at radius 3 is 2.83 bits per heavy atom. The maximum atomic E-state index is 5.86. The number of hydrogen-bond donors (Lipinski definition) is 0. The van der Waals surface area contributed by atoms with E-state index in [1.165, 1.54) is 25.9 Å². The first-order chi connectivity index (χ1) is 8.69. The molecule has 2 heterocycles. The van der Waals surface area contributed by atoms with Crippen molar-refractivity contribution < 1.29 is 0 Å². The second-order valence-electron chi connectivity index (χ2n) is 5.28.